The van der Waals surface area contributed by atoms with Crippen molar-refractivity contribution >= 4 is 11.7 Å². The number of aromatic nitrogens is 3. The van der Waals surface area contributed by atoms with Gasteiger partial charge in [0.05, 0.1) is 11.7 Å². The van der Waals surface area contributed by atoms with Crippen LogP contribution in [0.4, 0.5) is 10.2 Å². The molecule has 0 aliphatic carbocycles. The lowest BCUT2D eigenvalue weighted by Crippen LogP contribution is -2.43. The number of para-hydroxylation sites is 1. The summed E-state index contributed by atoms with van der Waals surface area (Å²) in [6.07, 6.45) is 0. The molecule has 27 heavy (non-hydrogen) atoms. The van der Waals surface area contributed by atoms with Crippen LogP contribution in [0, 0.1) is 12.7 Å². The predicted octanol–water partition coefficient (Wildman–Crippen LogP) is 3.53. The summed E-state index contributed by atoms with van der Waals surface area (Å²) in [5.74, 6) is 0.600. The molecule has 3 aromatic rings. The van der Waals surface area contributed by atoms with E-state index in [1.54, 1.807) is 22.6 Å². The maximum atomic E-state index is 13.5. The Kier molecular flexibility index (Phi) is 4.35. The maximum Gasteiger partial charge on any atom is 0.277 e. The molecule has 3 heterocycles. The average Bonchev–Trinajstić information content (AvgIpc) is 3.11. The second-order valence-electron chi connectivity index (χ2n) is 6.57. The van der Waals surface area contributed by atoms with Gasteiger partial charge in [-0.05, 0) is 44.2 Å². The summed E-state index contributed by atoms with van der Waals surface area (Å²) in [5.41, 5.74) is 1.42. The molecule has 0 bridgehead atoms. The molecule has 0 unspecified atom stereocenters. The summed E-state index contributed by atoms with van der Waals surface area (Å²) >= 11 is 0. The van der Waals surface area contributed by atoms with Crippen molar-refractivity contribution in [1.82, 2.24) is 14.8 Å². The molecule has 1 aromatic carbocycles. The second-order valence-corrected chi connectivity index (χ2v) is 6.57. The monoisotopic (exact) mass is 366 g/mol. The molecule has 0 saturated heterocycles. The zero-order chi connectivity index (χ0) is 19.0. The van der Waals surface area contributed by atoms with E-state index in [9.17, 15) is 9.18 Å². The van der Waals surface area contributed by atoms with Crippen LogP contribution in [0.2, 0.25) is 0 Å². The predicted molar refractivity (Wildman–Crippen MR) is 98.3 cm³/mol. The van der Waals surface area contributed by atoms with Crippen molar-refractivity contribution < 1.29 is 13.9 Å². The number of nitrogens with zero attached hydrogens (tertiary/aromatic N) is 4. The maximum absolute atomic E-state index is 13.5. The Bertz CT molecular complexity index is 987. The van der Waals surface area contributed by atoms with Gasteiger partial charge < -0.3 is 4.74 Å². The number of carbonyl (C=O) groups excluding carboxylic acids is 1. The molecule has 138 valence electrons. The number of amides is 1. The van der Waals surface area contributed by atoms with Crippen LogP contribution in [0.25, 0.3) is 0 Å². The highest BCUT2D eigenvalue weighted by atomic mass is 19.1. The van der Waals surface area contributed by atoms with Gasteiger partial charge in [-0.25, -0.2) is 9.37 Å². The minimum atomic E-state index is -0.387. The summed E-state index contributed by atoms with van der Waals surface area (Å²) < 4.78 is 21.0. The number of benzene rings is 1. The summed E-state index contributed by atoms with van der Waals surface area (Å²) in [7, 11) is 0. The van der Waals surface area contributed by atoms with Gasteiger partial charge in [-0.1, -0.05) is 18.2 Å². The van der Waals surface area contributed by atoms with E-state index in [1.165, 1.54) is 12.1 Å². The van der Waals surface area contributed by atoms with Crippen molar-refractivity contribution in [2.24, 2.45) is 0 Å². The summed E-state index contributed by atoms with van der Waals surface area (Å²) in [6, 6.07) is 14.0. The van der Waals surface area contributed by atoms with Gasteiger partial charge in [0.1, 0.15) is 35.4 Å². The molecule has 0 saturated carbocycles. The number of ether oxygens (including phenoxy) is 1. The van der Waals surface area contributed by atoms with E-state index in [2.05, 4.69) is 10.1 Å². The fourth-order valence-corrected chi connectivity index (χ4v) is 3.13. The number of hydrogen-bond donors (Lipinski definition) is 0. The van der Waals surface area contributed by atoms with E-state index in [4.69, 9.17) is 4.74 Å². The Balaban J connectivity index is 1.58. The fraction of sp³-hybridized carbons (Fsp3) is 0.250. The Hall–Kier alpha value is -3.22. The lowest BCUT2D eigenvalue weighted by Gasteiger charge is -2.31. The normalized spacial score (nSPS) is 16.3. The first-order valence-electron chi connectivity index (χ1n) is 8.74. The number of rotatable bonds is 4. The van der Waals surface area contributed by atoms with E-state index in [-0.39, 0.29) is 30.1 Å². The smallest absolute Gasteiger partial charge is 0.277 e. The minimum Gasteiger partial charge on any atom is -0.487 e. The summed E-state index contributed by atoms with van der Waals surface area (Å²) in [5, 5.41) is 4.52. The van der Waals surface area contributed by atoms with E-state index in [0.717, 1.165) is 5.75 Å². The topological polar surface area (TPSA) is 60.3 Å². The van der Waals surface area contributed by atoms with Crippen molar-refractivity contribution in [2.75, 3.05) is 11.4 Å². The first kappa shape index (κ1) is 17.2. The number of carbonyl (C=O) groups is 1. The third-order valence-electron chi connectivity index (χ3n) is 4.53. The molecule has 1 aliphatic rings. The molecular formula is C20H19FN4O2. The van der Waals surface area contributed by atoms with Crippen LogP contribution in [-0.2, 0) is 6.61 Å². The summed E-state index contributed by atoms with van der Waals surface area (Å²) in [6.45, 7) is 4.26. The van der Waals surface area contributed by atoms with E-state index >= 15 is 0 Å². The van der Waals surface area contributed by atoms with Gasteiger partial charge in [-0.15, -0.1) is 0 Å². The lowest BCUT2D eigenvalue weighted by molar-refractivity contribution is 0.0952. The van der Waals surface area contributed by atoms with Crippen LogP contribution in [0.5, 0.6) is 5.75 Å². The average molecular weight is 366 g/mol. The van der Waals surface area contributed by atoms with Crippen LogP contribution < -0.4 is 9.64 Å². The van der Waals surface area contributed by atoms with E-state index in [0.29, 0.717) is 23.8 Å². The highest BCUT2D eigenvalue weighted by Crippen LogP contribution is 2.26. The molecule has 1 amide bonds. The molecule has 0 N–H and O–H groups in total. The van der Waals surface area contributed by atoms with Crippen molar-refractivity contribution in [3.05, 3.63) is 71.4 Å². The Morgan fingerprint density at radius 2 is 2.00 bits per heavy atom. The van der Waals surface area contributed by atoms with Gasteiger partial charge >= 0.3 is 0 Å². The highest BCUT2D eigenvalue weighted by molar-refractivity contribution is 6.05. The molecule has 0 spiro atoms. The van der Waals surface area contributed by atoms with Gasteiger partial charge in [0.25, 0.3) is 5.91 Å². The number of anilines is 1. The summed E-state index contributed by atoms with van der Waals surface area (Å²) in [4.78, 5) is 18.7. The van der Waals surface area contributed by atoms with Crippen LogP contribution in [-0.4, -0.2) is 27.2 Å². The number of pyridine rings is 1. The van der Waals surface area contributed by atoms with Crippen LogP contribution in [0.1, 0.15) is 34.8 Å². The third-order valence-corrected chi connectivity index (χ3v) is 4.53. The molecule has 0 radical (unpaired) electrons. The van der Waals surface area contributed by atoms with Crippen molar-refractivity contribution in [1.29, 1.82) is 0 Å². The number of fused-ring (bicyclic) bond motifs is 1. The first-order valence-corrected chi connectivity index (χ1v) is 8.74. The zero-order valence-corrected chi connectivity index (χ0v) is 15.1. The van der Waals surface area contributed by atoms with Gasteiger partial charge in [0.15, 0.2) is 0 Å². The standard InChI is InChI=1S/C20H19FN4O2/c1-13-11-24(19-9-8-17(21)14(2)22-19)20(26)18-10-15(23-25(13)18)12-27-16-6-4-3-5-7-16/h3-10,13H,11-12H2,1-2H3/t13-/m0/s1. The minimum absolute atomic E-state index is 0.0321. The van der Waals surface area contributed by atoms with Gasteiger partial charge in [-0.2, -0.15) is 5.10 Å². The van der Waals surface area contributed by atoms with Crippen molar-refractivity contribution in [3.63, 3.8) is 0 Å². The number of halogens is 1. The Morgan fingerprint density at radius 1 is 1.22 bits per heavy atom. The molecule has 4 rings (SSSR count). The van der Waals surface area contributed by atoms with Crippen molar-refractivity contribution in [3.8, 4) is 5.75 Å². The Labute approximate surface area is 156 Å². The van der Waals surface area contributed by atoms with Gasteiger partial charge in [0.2, 0.25) is 0 Å². The molecule has 1 aliphatic heterocycles. The fourth-order valence-electron chi connectivity index (χ4n) is 3.13. The first-order chi connectivity index (χ1) is 13.0. The molecule has 6 nitrogen and oxygen atoms in total. The molecule has 0 fully saturated rings. The Morgan fingerprint density at radius 3 is 2.74 bits per heavy atom. The van der Waals surface area contributed by atoms with Crippen molar-refractivity contribution in [2.45, 2.75) is 26.5 Å². The largest absolute Gasteiger partial charge is 0.487 e. The SMILES string of the molecule is Cc1nc(N2C[C@H](C)n3nc(COc4ccccc4)cc3C2=O)ccc1F. The van der Waals surface area contributed by atoms with Crippen LogP contribution >= 0.6 is 0 Å². The molecular weight excluding hydrogens is 347 g/mol. The molecule has 1 atom stereocenters. The molecule has 7 heteroatoms. The molecule has 2 aromatic heterocycles. The third kappa shape index (κ3) is 3.28. The van der Waals surface area contributed by atoms with Gasteiger partial charge in [0, 0.05) is 6.54 Å². The van der Waals surface area contributed by atoms with Crippen LogP contribution in [0.15, 0.2) is 48.5 Å². The van der Waals surface area contributed by atoms with Crippen LogP contribution in [0.3, 0.4) is 0 Å². The second kappa shape index (κ2) is 6.83. The lowest BCUT2D eigenvalue weighted by atomic mass is 10.2. The number of aryl methyl sites for hydroxylation is 1. The van der Waals surface area contributed by atoms with E-state index in [1.807, 2.05) is 37.3 Å². The number of hydrogen-bond acceptors (Lipinski definition) is 4. The quantitative estimate of drug-likeness (QED) is 0.709. The van der Waals surface area contributed by atoms with Gasteiger partial charge in [-0.3, -0.25) is 14.4 Å². The highest BCUT2D eigenvalue weighted by Gasteiger charge is 2.32. The zero-order valence-electron chi connectivity index (χ0n) is 15.1. The van der Waals surface area contributed by atoms with E-state index < -0.39 is 0 Å².